The number of hydrogen-bond acceptors (Lipinski definition) is 5. The Morgan fingerprint density at radius 1 is 0.730 bits per heavy atom. The third kappa shape index (κ3) is 4.77. The Balaban J connectivity index is 1.63. The number of H-pyrrole nitrogens is 1. The fourth-order valence-corrected chi connectivity index (χ4v) is 3.72. The van der Waals surface area contributed by atoms with Crippen molar-refractivity contribution < 1.29 is 30.7 Å². The highest BCUT2D eigenvalue weighted by molar-refractivity contribution is 5.77. The van der Waals surface area contributed by atoms with Gasteiger partial charge in [0.2, 0.25) is 5.82 Å². The number of nitrogens with zero attached hydrogens (tertiary/aromatic N) is 6. The predicted molar refractivity (Wildman–Crippen MR) is 115 cm³/mol. The van der Waals surface area contributed by atoms with Gasteiger partial charge in [0, 0.05) is 11.1 Å². The van der Waals surface area contributed by atoms with Gasteiger partial charge in [0.1, 0.15) is 5.82 Å². The topological polar surface area (TPSA) is 85.2 Å². The molecule has 37 heavy (non-hydrogen) atoms. The third-order valence-electron chi connectivity index (χ3n) is 5.43. The van der Waals surface area contributed by atoms with E-state index in [9.17, 15) is 30.7 Å². The number of hydrogen-bond donors (Lipinski definition) is 1. The van der Waals surface area contributed by atoms with Crippen LogP contribution in [0.4, 0.5) is 30.7 Å². The van der Waals surface area contributed by atoms with E-state index in [1.54, 1.807) is 12.1 Å². The van der Waals surface area contributed by atoms with E-state index < -0.39 is 29.3 Å². The SMILES string of the molecule is Fc1cc(-c2cnnn2-c2ccc(-c3ccc(C(F)(F)F)cc3)cc2-c2nn[nH]n2)cc(C(F)(F)F)c1. The van der Waals surface area contributed by atoms with Crippen LogP contribution < -0.4 is 0 Å². The zero-order valence-corrected chi connectivity index (χ0v) is 18.2. The molecule has 1 N–H and O–H groups in total. The van der Waals surface area contributed by atoms with Crippen molar-refractivity contribution in [2.45, 2.75) is 12.4 Å². The Bertz CT molecular complexity index is 1550. The van der Waals surface area contributed by atoms with Crippen molar-refractivity contribution in [3.05, 3.63) is 83.8 Å². The molecule has 0 aliphatic carbocycles. The van der Waals surface area contributed by atoms with Crippen LogP contribution in [0.25, 0.3) is 39.5 Å². The van der Waals surface area contributed by atoms with E-state index in [1.807, 2.05) is 0 Å². The lowest BCUT2D eigenvalue weighted by Gasteiger charge is -2.14. The van der Waals surface area contributed by atoms with E-state index in [0.717, 1.165) is 24.3 Å². The first-order valence-corrected chi connectivity index (χ1v) is 10.4. The Hall–Kier alpha value is -4.62. The van der Waals surface area contributed by atoms with Gasteiger partial charge in [0.25, 0.3) is 0 Å². The molecule has 2 aromatic heterocycles. The molecule has 5 rings (SSSR count). The first kappa shape index (κ1) is 24.1. The number of aromatic nitrogens is 7. The third-order valence-corrected chi connectivity index (χ3v) is 5.43. The number of halogens is 7. The minimum atomic E-state index is -4.78. The lowest BCUT2D eigenvalue weighted by Crippen LogP contribution is -2.07. The quantitative estimate of drug-likeness (QED) is 0.296. The van der Waals surface area contributed by atoms with Gasteiger partial charge in [-0.15, -0.1) is 15.3 Å². The minimum absolute atomic E-state index is 0.0389. The van der Waals surface area contributed by atoms with Gasteiger partial charge in [0.15, 0.2) is 0 Å². The molecule has 0 bridgehead atoms. The molecule has 0 aliphatic rings. The van der Waals surface area contributed by atoms with Gasteiger partial charge < -0.3 is 0 Å². The van der Waals surface area contributed by atoms with E-state index in [2.05, 4.69) is 30.9 Å². The normalized spacial score (nSPS) is 12.2. The van der Waals surface area contributed by atoms with Crippen LogP contribution in [0, 0.1) is 5.82 Å². The number of rotatable bonds is 4. The molecule has 0 amide bonds. The van der Waals surface area contributed by atoms with Gasteiger partial charge in [-0.3, -0.25) is 0 Å². The van der Waals surface area contributed by atoms with Crippen LogP contribution in [0.3, 0.4) is 0 Å². The molecule has 0 unspecified atom stereocenters. The summed E-state index contributed by atoms with van der Waals surface area (Å²) in [6.07, 6.45) is -8.11. The molecule has 0 spiro atoms. The molecule has 7 nitrogen and oxygen atoms in total. The van der Waals surface area contributed by atoms with Crippen molar-refractivity contribution in [3.8, 4) is 39.5 Å². The van der Waals surface area contributed by atoms with Crippen molar-refractivity contribution in [1.29, 1.82) is 0 Å². The number of aromatic amines is 1. The zero-order chi connectivity index (χ0) is 26.4. The summed E-state index contributed by atoms with van der Waals surface area (Å²) < 4.78 is 93.9. The summed E-state index contributed by atoms with van der Waals surface area (Å²) in [5.41, 5.74) is -0.627. The summed E-state index contributed by atoms with van der Waals surface area (Å²) in [6.45, 7) is 0. The Morgan fingerprint density at radius 2 is 1.43 bits per heavy atom. The van der Waals surface area contributed by atoms with E-state index in [4.69, 9.17) is 0 Å². The lowest BCUT2D eigenvalue weighted by molar-refractivity contribution is -0.138. The van der Waals surface area contributed by atoms with Crippen molar-refractivity contribution in [2.75, 3.05) is 0 Å². The van der Waals surface area contributed by atoms with Gasteiger partial charge >= 0.3 is 12.4 Å². The van der Waals surface area contributed by atoms with E-state index in [0.29, 0.717) is 17.2 Å². The summed E-state index contributed by atoms with van der Waals surface area (Å²) in [6, 6.07) is 11.2. The minimum Gasteiger partial charge on any atom is -0.212 e. The molecule has 3 aromatic carbocycles. The van der Waals surface area contributed by atoms with Gasteiger partial charge in [-0.25, -0.2) is 9.07 Å². The number of benzene rings is 3. The molecule has 2 heterocycles. The highest BCUT2D eigenvalue weighted by Crippen LogP contribution is 2.36. The Kier molecular flexibility index (Phi) is 5.73. The number of tetrazole rings is 1. The molecule has 0 radical (unpaired) electrons. The highest BCUT2D eigenvalue weighted by atomic mass is 19.4. The molecule has 0 fully saturated rings. The van der Waals surface area contributed by atoms with E-state index in [-0.39, 0.29) is 28.3 Å². The Morgan fingerprint density at radius 3 is 2.08 bits per heavy atom. The summed E-state index contributed by atoms with van der Waals surface area (Å²) in [5.74, 6) is -1.03. The lowest BCUT2D eigenvalue weighted by atomic mass is 10.00. The van der Waals surface area contributed by atoms with Crippen molar-refractivity contribution in [2.24, 2.45) is 0 Å². The van der Waals surface area contributed by atoms with Gasteiger partial charge in [0.05, 0.1) is 28.7 Å². The molecule has 5 aromatic rings. The smallest absolute Gasteiger partial charge is 0.212 e. The fourth-order valence-electron chi connectivity index (χ4n) is 3.72. The van der Waals surface area contributed by atoms with Crippen LogP contribution in [0.15, 0.2) is 66.9 Å². The van der Waals surface area contributed by atoms with Crippen LogP contribution in [-0.2, 0) is 12.4 Å². The van der Waals surface area contributed by atoms with Crippen LogP contribution in [0.2, 0.25) is 0 Å². The highest BCUT2D eigenvalue weighted by Gasteiger charge is 2.32. The molecule has 14 heteroatoms. The standard InChI is InChI=1S/C23H12F7N7/c24-17-8-14(7-16(10-17)23(28,29)30)20-11-31-36-37(20)19-6-3-13(9-18(19)21-32-34-35-33-21)12-1-4-15(5-2-12)22(25,26)27/h1-11H,(H,32,33,34,35). The Labute approximate surface area is 202 Å². The second-order valence-electron chi connectivity index (χ2n) is 7.80. The van der Waals surface area contributed by atoms with Crippen molar-refractivity contribution in [1.82, 2.24) is 35.6 Å². The second-order valence-corrected chi connectivity index (χ2v) is 7.80. The molecule has 0 aliphatic heterocycles. The molecule has 0 saturated heterocycles. The van der Waals surface area contributed by atoms with Crippen molar-refractivity contribution >= 4 is 0 Å². The molecular weight excluding hydrogens is 507 g/mol. The van der Waals surface area contributed by atoms with E-state index in [1.165, 1.54) is 29.1 Å². The molecule has 188 valence electrons. The maximum atomic E-state index is 14.1. The second kappa shape index (κ2) is 8.80. The molecular formula is C23H12F7N7. The first-order valence-electron chi connectivity index (χ1n) is 10.4. The number of alkyl halides is 6. The van der Waals surface area contributed by atoms with Crippen LogP contribution >= 0.6 is 0 Å². The number of nitrogens with one attached hydrogen (secondary N) is 1. The molecule has 0 atom stereocenters. The summed E-state index contributed by atoms with van der Waals surface area (Å²) in [7, 11) is 0. The maximum absolute atomic E-state index is 14.1. The summed E-state index contributed by atoms with van der Waals surface area (Å²) in [5, 5.41) is 21.4. The average Bonchev–Trinajstić information content (AvgIpc) is 3.55. The monoisotopic (exact) mass is 519 g/mol. The average molecular weight is 519 g/mol. The van der Waals surface area contributed by atoms with Gasteiger partial charge in [-0.05, 0) is 58.8 Å². The fraction of sp³-hybridized carbons (Fsp3) is 0.0870. The molecule has 0 saturated carbocycles. The zero-order valence-electron chi connectivity index (χ0n) is 18.2. The summed E-state index contributed by atoms with van der Waals surface area (Å²) >= 11 is 0. The van der Waals surface area contributed by atoms with Gasteiger partial charge in [-0.1, -0.05) is 23.4 Å². The maximum Gasteiger partial charge on any atom is 0.416 e. The largest absolute Gasteiger partial charge is 0.416 e. The van der Waals surface area contributed by atoms with Crippen LogP contribution in [0.5, 0.6) is 0 Å². The first-order chi connectivity index (χ1) is 17.5. The van der Waals surface area contributed by atoms with Crippen LogP contribution in [0.1, 0.15) is 11.1 Å². The van der Waals surface area contributed by atoms with Crippen molar-refractivity contribution in [3.63, 3.8) is 0 Å². The van der Waals surface area contributed by atoms with Crippen LogP contribution in [-0.4, -0.2) is 35.6 Å². The van der Waals surface area contributed by atoms with Gasteiger partial charge in [-0.2, -0.15) is 31.6 Å². The van der Waals surface area contributed by atoms with E-state index >= 15 is 0 Å². The summed E-state index contributed by atoms with van der Waals surface area (Å²) in [4.78, 5) is 0. The predicted octanol–water partition coefficient (Wildman–Crippen LogP) is 5.96.